The molecular weight excluding hydrogens is 269 g/mol. The highest BCUT2D eigenvalue weighted by atomic mass is 35.5. The summed E-state index contributed by atoms with van der Waals surface area (Å²) in [7, 11) is 0. The molecule has 0 saturated heterocycles. The normalized spacial score (nSPS) is 10.4. The largest absolute Gasteiger partial charge is 0.467 e. The van der Waals surface area contributed by atoms with Gasteiger partial charge in [0.1, 0.15) is 17.5 Å². The lowest BCUT2D eigenvalue weighted by Gasteiger charge is -2.20. The van der Waals surface area contributed by atoms with Gasteiger partial charge in [-0.25, -0.2) is 4.39 Å². The van der Waals surface area contributed by atoms with Crippen molar-refractivity contribution >= 4 is 17.5 Å². The standard InChI is InChI=1S/C14H13ClFNO2/c15-8-14(18)17(10-13-2-1-7-19-13)9-11-3-5-12(16)6-4-11/h1-7H,8-10H2. The molecule has 3 nitrogen and oxygen atoms in total. The van der Waals surface area contributed by atoms with Crippen molar-refractivity contribution in [3.8, 4) is 0 Å². The highest BCUT2D eigenvalue weighted by Gasteiger charge is 2.14. The molecule has 2 aromatic rings. The Bertz CT molecular complexity index is 525. The Balaban J connectivity index is 2.09. The van der Waals surface area contributed by atoms with E-state index in [1.165, 1.54) is 12.1 Å². The lowest BCUT2D eigenvalue weighted by atomic mass is 10.2. The fourth-order valence-electron chi connectivity index (χ4n) is 1.72. The van der Waals surface area contributed by atoms with E-state index in [0.717, 1.165) is 5.56 Å². The van der Waals surface area contributed by atoms with E-state index >= 15 is 0 Å². The number of carbonyl (C=O) groups is 1. The first kappa shape index (κ1) is 13.6. The molecular formula is C14H13ClFNO2. The van der Waals surface area contributed by atoms with Crippen molar-refractivity contribution in [1.82, 2.24) is 4.90 Å². The van der Waals surface area contributed by atoms with Crippen molar-refractivity contribution in [1.29, 1.82) is 0 Å². The van der Waals surface area contributed by atoms with Crippen LogP contribution in [0.15, 0.2) is 47.1 Å². The number of nitrogens with zero attached hydrogens (tertiary/aromatic N) is 1. The summed E-state index contributed by atoms with van der Waals surface area (Å²) in [5.74, 6) is 0.0926. The van der Waals surface area contributed by atoms with Gasteiger partial charge in [0.2, 0.25) is 5.91 Å². The van der Waals surface area contributed by atoms with Crippen molar-refractivity contribution < 1.29 is 13.6 Å². The first-order valence-corrected chi connectivity index (χ1v) is 6.33. The van der Waals surface area contributed by atoms with Gasteiger partial charge < -0.3 is 9.32 Å². The molecule has 1 heterocycles. The molecule has 0 aliphatic carbocycles. The predicted octanol–water partition coefficient (Wildman–Crippen LogP) is 3.19. The molecule has 0 unspecified atom stereocenters. The number of amides is 1. The number of furan rings is 1. The first-order valence-electron chi connectivity index (χ1n) is 5.79. The van der Waals surface area contributed by atoms with E-state index in [1.54, 1.807) is 35.4 Å². The molecule has 19 heavy (non-hydrogen) atoms. The van der Waals surface area contributed by atoms with Crippen LogP contribution in [0.5, 0.6) is 0 Å². The highest BCUT2D eigenvalue weighted by molar-refractivity contribution is 6.27. The zero-order valence-corrected chi connectivity index (χ0v) is 10.9. The fourth-order valence-corrected chi connectivity index (χ4v) is 1.89. The van der Waals surface area contributed by atoms with E-state index in [0.29, 0.717) is 18.8 Å². The van der Waals surface area contributed by atoms with Gasteiger partial charge >= 0.3 is 0 Å². The van der Waals surface area contributed by atoms with E-state index in [-0.39, 0.29) is 17.6 Å². The Kier molecular flexibility index (Phi) is 4.58. The van der Waals surface area contributed by atoms with Crippen molar-refractivity contribution in [3.63, 3.8) is 0 Å². The maximum Gasteiger partial charge on any atom is 0.238 e. The van der Waals surface area contributed by atoms with Gasteiger partial charge in [0.25, 0.3) is 0 Å². The quantitative estimate of drug-likeness (QED) is 0.789. The minimum Gasteiger partial charge on any atom is -0.467 e. The zero-order valence-electron chi connectivity index (χ0n) is 10.2. The summed E-state index contributed by atoms with van der Waals surface area (Å²) in [6, 6.07) is 9.57. The predicted molar refractivity (Wildman–Crippen MR) is 70.1 cm³/mol. The van der Waals surface area contributed by atoms with E-state index in [1.807, 2.05) is 0 Å². The molecule has 0 bridgehead atoms. The number of rotatable bonds is 5. The SMILES string of the molecule is O=C(CCl)N(Cc1ccc(F)cc1)Cc1ccco1. The third-order valence-electron chi connectivity index (χ3n) is 2.68. The van der Waals surface area contributed by atoms with Crippen LogP contribution in [0.2, 0.25) is 0 Å². The molecule has 1 amide bonds. The average Bonchev–Trinajstić information content (AvgIpc) is 2.92. The van der Waals surface area contributed by atoms with E-state index in [4.69, 9.17) is 16.0 Å². The Morgan fingerprint density at radius 2 is 1.95 bits per heavy atom. The second kappa shape index (κ2) is 6.38. The van der Waals surface area contributed by atoms with Crippen molar-refractivity contribution in [3.05, 3.63) is 59.8 Å². The minimum atomic E-state index is -0.301. The highest BCUT2D eigenvalue weighted by Crippen LogP contribution is 2.12. The van der Waals surface area contributed by atoms with Crippen LogP contribution in [0.1, 0.15) is 11.3 Å². The summed E-state index contributed by atoms with van der Waals surface area (Å²) in [5.41, 5.74) is 0.839. The average molecular weight is 282 g/mol. The van der Waals surface area contributed by atoms with Gasteiger partial charge in [0.05, 0.1) is 12.8 Å². The van der Waals surface area contributed by atoms with Crippen LogP contribution in [0.25, 0.3) is 0 Å². The topological polar surface area (TPSA) is 33.5 Å². The number of alkyl halides is 1. The molecule has 1 aromatic heterocycles. The summed E-state index contributed by atoms with van der Waals surface area (Å²) < 4.78 is 18.1. The van der Waals surface area contributed by atoms with Crippen LogP contribution in [-0.2, 0) is 17.9 Å². The van der Waals surface area contributed by atoms with Gasteiger partial charge in [-0.05, 0) is 29.8 Å². The monoisotopic (exact) mass is 281 g/mol. The lowest BCUT2D eigenvalue weighted by Crippen LogP contribution is -2.30. The van der Waals surface area contributed by atoms with Gasteiger partial charge in [-0.3, -0.25) is 4.79 Å². The molecule has 0 aliphatic heterocycles. The molecule has 0 atom stereocenters. The van der Waals surface area contributed by atoms with Gasteiger partial charge in [-0.15, -0.1) is 11.6 Å². The number of halogens is 2. The van der Waals surface area contributed by atoms with Crippen LogP contribution in [0.3, 0.4) is 0 Å². The van der Waals surface area contributed by atoms with Crippen LogP contribution < -0.4 is 0 Å². The molecule has 0 radical (unpaired) electrons. The van der Waals surface area contributed by atoms with E-state index in [9.17, 15) is 9.18 Å². The summed E-state index contributed by atoms with van der Waals surface area (Å²) in [6.45, 7) is 0.711. The van der Waals surface area contributed by atoms with Crippen molar-refractivity contribution in [2.75, 3.05) is 5.88 Å². The second-order valence-electron chi connectivity index (χ2n) is 4.09. The summed E-state index contributed by atoms with van der Waals surface area (Å²) in [5, 5.41) is 0. The Hall–Kier alpha value is -1.81. The Labute approximate surface area is 115 Å². The molecule has 100 valence electrons. The number of benzene rings is 1. The smallest absolute Gasteiger partial charge is 0.238 e. The lowest BCUT2D eigenvalue weighted by molar-refractivity contribution is -0.130. The number of hydrogen-bond acceptors (Lipinski definition) is 2. The first-order chi connectivity index (χ1) is 9.19. The van der Waals surface area contributed by atoms with Gasteiger partial charge in [0, 0.05) is 6.54 Å². The number of carbonyl (C=O) groups excluding carboxylic acids is 1. The van der Waals surface area contributed by atoms with Gasteiger partial charge in [-0.2, -0.15) is 0 Å². The Morgan fingerprint density at radius 1 is 1.21 bits per heavy atom. The maximum atomic E-state index is 12.8. The third-order valence-corrected chi connectivity index (χ3v) is 2.91. The Morgan fingerprint density at radius 3 is 2.53 bits per heavy atom. The summed E-state index contributed by atoms with van der Waals surface area (Å²) >= 11 is 5.60. The molecule has 0 spiro atoms. The molecule has 1 aromatic carbocycles. The van der Waals surface area contributed by atoms with Crippen LogP contribution in [-0.4, -0.2) is 16.7 Å². The fraction of sp³-hybridized carbons (Fsp3) is 0.214. The summed E-state index contributed by atoms with van der Waals surface area (Å²) in [4.78, 5) is 13.4. The summed E-state index contributed by atoms with van der Waals surface area (Å²) in [6.07, 6.45) is 1.55. The van der Waals surface area contributed by atoms with Crippen molar-refractivity contribution in [2.45, 2.75) is 13.1 Å². The maximum absolute atomic E-state index is 12.8. The van der Waals surface area contributed by atoms with E-state index < -0.39 is 0 Å². The van der Waals surface area contributed by atoms with Crippen LogP contribution in [0, 0.1) is 5.82 Å². The molecule has 0 saturated carbocycles. The van der Waals surface area contributed by atoms with Gasteiger partial charge in [0.15, 0.2) is 0 Å². The molecule has 5 heteroatoms. The van der Waals surface area contributed by atoms with Crippen molar-refractivity contribution in [2.24, 2.45) is 0 Å². The zero-order chi connectivity index (χ0) is 13.7. The van der Waals surface area contributed by atoms with E-state index in [2.05, 4.69) is 0 Å². The second-order valence-corrected chi connectivity index (χ2v) is 4.36. The number of hydrogen-bond donors (Lipinski definition) is 0. The molecule has 0 fully saturated rings. The van der Waals surface area contributed by atoms with Crippen LogP contribution in [0.4, 0.5) is 4.39 Å². The molecule has 2 rings (SSSR count). The molecule has 0 N–H and O–H groups in total. The molecule has 0 aliphatic rings. The van der Waals surface area contributed by atoms with Gasteiger partial charge in [-0.1, -0.05) is 12.1 Å². The minimum absolute atomic E-state index is 0.0953. The third kappa shape index (κ3) is 3.83. The van der Waals surface area contributed by atoms with Crippen LogP contribution >= 0.6 is 11.6 Å².